The fourth-order valence-corrected chi connectivity index (χ4v) is 1.79. The van der Waals surface area contributed by atoms with Crippen LogP contribution in [0.4, 0.5) is 5.69 Å². The molecule has 0 saturated carbocycles. The van der Waals surface area contributed by atoms with Crippen molar-refractivity contribution in [3.8, 4) is 0 Å². The van der Waals surface area contributed by atoms with Gasteiger partial charge in [-0.15, -0.1) is 0 Å². The van der Waals surface area contributed by atoms with Crippen molar-refractivity contribution >= 4 is 17.6 Å². The van der Waals surface area contributed by atoms with Gasteiger partial charge >= 0.3 is 5.97 Å². The normalized spacial score (nSPS) is 10.0. The van der Waals surface area contributed by atoms with Crippen molar-refractivity contribution in [2.75, 3.05) is 19.1 Å². The molecule has 4 heteroatoms. The second-order valence-electron chi connectivity index (χ2n) is 4.32. The zero-order valence-electron chi connectivity index (χ0n) is 11.3. The minimum atomic E-state index is -0.364. The van der Waals surface area contributed by atoms with Crippen LogP contribution in [-0.4, -0.2) is 26.0 Å². The Morgan fingerprint density at radius 3 is 2.44 bits per heavy atom. The first kappa shape index (κ1) is 14.2. The van der Waals surface area contributed by atoms with Gasteiger partial charge in [-0.05, 0) is 25.5 Å². The molecule has 1 amide bonds. The Balaban J connectivity index is 2.71. The summed E-state index contributed by atoms with van der Waals surface area (Å²) < 4.78 is 4.52. The summed E-state index contributed by atoms with van der Waals surface area (Å²) in [6.45, 7) is 3.97. The molecule has 98 valence electrons. The molecule has 0 aromatic heterocycles. The van der Waals surface area contributed by atoms with Crippen LogP contribution in [-0.2, 0) is 14.3 Å². The third kappa shape index (κ3) is 3.58. The summed E-state index contributed by atoms with van der Waals surface area (Å²) in [5, 5.41) is 0. The van der Waals surface area contributed by atoms with Gasteiger partial charge in [0, 0.05) is 19.2 Å². The molecule has 1 aromatic rings. The molecular formula is C14H19NO3. The molecule has 0 saturated heterocycles. The van der Waals surface area contributed by atoms with Gasteiger partial charge in [0.2, 0.25) is 5.91 Å². The molecule has 0 aliphatic carbocycles. The van der Waals surface area contributed by atoms with Crippen molar-refractivity contribution in [2.24, 2.45) is 0 Å². The third-order valence-electron chi connectivity index (χ3n) is 2.86. The molecule has 1 aromatic carbocycles. The number of aryl methyl sites for hydroxylation is 2. The zero-order valence-corrected chi connectivity index (χ0v) is 11.3. The van der Waals surface area contributed by atoms with E-state index in [1.807, 2.05) is 32.0 Å². The summed E-state index contributed by atoms with van der Waals surface area (Å²) in [7, 11) is 3.04. The average molecular weight is 249 g/mol. The van der Waals surface area contributed by atoms with Gasteiger partial charge in [-0.2, -0.15) is 0 Å². The number of esters is 1. The predicted octanol–water partition coefficient (Wildman–Crippen LogP) is 2.22. The first-order valence-corrected chi connectivity index (χ1v) is 5.86. The number of nitrogens with zero attached hydrogens (tertiary/aromatic N) is 1. The van der Waals surface area contributed by atoms with Crippen LogP contribution < -0.4 is 4.90 Å². The Bertz CT molecular complexity index is 454. The number of methoxy groups -OCH3 is 1. The summed E-state index contributed by atoms with van der Waals surface area (Å²) in [6, 6.07) is 5.91. The highest BCUT2D eigenvalue weighted by molar-refractivity contribution is 5.95. The lowest BCUT2D eigenvalue weighted by atomic mass is 10.1. The zero-order chi connectivity index (χ0) is 13.7. The molecule has 0 N–H and O–H groups in total. The van der Waals surface area contributed by atoms with Crippen LogP contribution in [0.3, 0.4) is 0 Å². The van der Waals surface area contributed by atoms with E-state index in [2.05, 4.69) is 4.74 Å². The SMILES string of the molecule is COC(=O)CCC(=O)N(C)c1ccc(C)cc1C. The number of carbonyl (C=O) groups is 2. The van der Waals surface area contributed by atoms with Gasteiger partial charge in [0.1, 0.15) is 0 Å². The van der Waals surface area contributed by atoms with Crippen LogP contribution in [0.25, 0.3) is 0 Å². The number of amides is 1. The van der Waals surface area contributed by atoms with Crippen molar-refractivity contribution in [1.29, 1.82) is 0 Å². The quantitative estimate of drug-likeness (QED) is 0.769. The van der Waals surface area contributed by atoms with Crippen LogP contribution in [0, 0.1) is 13.8 Å². The molecule has 0 bridgehead atoms. The van der Waals surface area contributed by atoms with E-state index in [0.717, 1.165) is 16.8 Å². The Labute approximate surface area is 108 Å². The summed E-state index contributed by atoms with van der Waals surface area (Å²) in [4.78, 5) is 24.5. The maximum atomic E-state index is 11.9. The minimum absolute atomic E-state index is 0.0904. The van der Waals surface area contributed by atoms with Gasteiger partial charge in [-0.1, -0.05) is 17.7 Å². The van der Waals surface area contributed by atoms with E-state index in [0.29, 0.717) is 0 Å². The standard InChI is InChI=1S/C14H19NO3/c1-10-5-6-12(11(2)9-10)15(3)13(16)7-8-14(17)18-4/h5-6,9H,7-8H2,1-4H3. The Kier molecular flexibility index (Phi) is 4.89. The minimum Gasteiger partial charge on any atom is -0.469 e. The molecule has 0 heterocycles. The van der Waals surface area contributed by atoms with Gasteiger partial charge in [-0.25, -0.2) is 0 Å². The van der Waals surface area contributed by atoms with Crippen molar-refractivity contribution in [3.63, 3.8) is 0 Å². The van der Waals surface area contributed by atoms with E-state index in [9.17, 15) is 9.59 Å². The van der Waals surface area contributed by atoms with Gasteiger partial charge < -0.3 is 9.64 Å². The van der Waals surface area contributed by atoms with Crippen LogP contribution in [0.2, 0.25) is 0 Å². The van der Waals surface area contributed by atoms with E-state index in [1.165, 1.54) is 7.11 Å². The number of ether oxygens (including phenoxy) is 1. The van der Waals surface area contributed by atoms with Gasteiger partial charge in [0.25, 0.3) is 0 Å². The van der Waals surface area contributed by atoms with E-state index in [1.54, 1.807) is 11.9 Å². The first-order chi connectivity index (χ1) is 8.45. The molecule has 0 spiro atoms. The fraction of sp³-hybridized carbons (Fsp3) is 0.429. The number of rotatable bonds is 4. The molecule has 0 aliphatic rings. The summed E-state index contributed by atoms with van der Waals surface area (Å²) in [5.41, 5.74) is 3.08. The summed E-state index contributed by atoms with van der Waals surface area (Å²) >= 11 is 0. The first-order valence-electron chi connectivity index (χ1n) is 5.86. The van der Waals surface area contributed by atoms with Crippen LogP contribution >= 0.6 is 0 Å². The van der Waals surface area contributed by atoms with Crippen molar-refractivity contribution in [3.05, 3.63) is 29.3 Å². The number of anilines is 1. The number of hydrogen-bond donors (Lipinski definition) is 0. The lowest BCUT2D eigenvalue weighted by molar-refractivity contribution is -0.141. The predicted molar refractivity (Wildman–Crippen MR) is 70.6 cm³/mol. The van der Waals surface area contributed by atoms with E-state index >= 15 is 0 Å². The monoisotopic (exact) mass is 249 g/mol. The second kappa shape index (κ2) is 6.19. The maximum absolute atomic E-state index is 11.9. The van der Waals surface area contributed by atoms with Crippen LogP contribution in [0.15, 0.2) is 18.2 Å². The van der Waals surface area contributed by atoms with Crippen molar-refractivity contribution in [1.82, 2.24) is 0 Å². The Morgan fingerprint density at radius 1 is 1.22 bits per heavy atom. The molecule has 0 aliphatic heterocycles. The highest BCUT2D eigenvalue weighted by Crippen LogP contribution is 2.20. The van der Waals surface area contributed by atoms with Crippen LogP contribution in [0.1, 0.15) is 24.0 Å². The summed E-state index contributed by atoms with van der Waals surface area (Å²) in [6.07, 6.45) is 0.279. The van der Waals surface area contributed by atoms with Gasteiger partial charge in [-0.3, -0.25) is 9.59 Å². The molecule has 0 atom stereocenters. The van der Waals surface area contributed by atoms with Crippen molar-refractivity contribution < 1.29 is 14.3 Å². The second-order valence-corrected chi connectivity index (χ2v) is 4.32. The molecule has 4 nitrogen and oxygen atoms in total. The molecule has 0 unspecified atom stereocenters. The average Bonchev–Trinajstić information content (AvgIpc) is 2.34. The third-order valence-corrected chi connectivity index (χ3v) is 2.86. The fourth-order valence-electron chi connectivity index (χ4n) is 1.79. The van der Waals surface area contributed by atoms with Crippen molar-refractivity contribution in [2.45, 2.75) is 26.7 Å². The maximum Gasteiger partial charge on any atom is 0.306 e. The van der Waals surface area contributed by atoms with E-state index in [4.69, 9.17) is 0 Å². The number of carbonyl (C=O) groups excluding carboxylic acids is 2. The number of hydrogen-bond acceptors (Lipinski definition) is 3. The lowest BCUT2D eigenvalue weighted by Crippen LogP contribution is -2.27. The Hall–Kier alpha value is -1.84. The van der Waals surface area contributed by atoms with Gasteiger partial charge in [0.05, 0.1) is 13.5 Å². The lowest BCUT2D eigenvalue weighted by Gasteiger charge is -2.19. The van der Waals surface area contributed by atoms with E-state index < -0.39 is 0 Å². The molecular weight excluding hydrogens is 230 g/mol. The molecule has 18 heavy (non-hydrogen) atoms. The number of benzene rings is 1. The largest absolute Gasteiger partial charge is 0.469 e. The highest BCUT2D eigenvalue weighted by Gasteiger charge is 2.14. The smallest absolute Gasteiger partial charge is 0.306 e. The molecule has 1 rings (SSSR count). The highest BCUT2D eigenvalue weighted by atomic mass is 16.5. The van der Waals surface area contributed by atoms with E-state index in [-0.39, 0.29) is 24.7 Å². The molecule has 0 radical (unpaired) electrons. The Morgan fingerprint density at radius 2 is 1.89 bits per heavy atom. The van der Waals surface area contributed by atoms with Gasteiger partial charge in [0.15, 0.2) is 0 Å². The molecule has 0 fully saturated rings. The van der Waals surface area contributed by atoms with Crippen LogP contribution in [0.5, 0.6) is 0 Å². The summed E-state index contributed by atoms with van der Waals surface area (Å²) in [5.74, 6) is -0.454. The topological polar surface area (TPSA) is 46.6 Å².